The average molecular weight is 311 g/mol. The Morgan fingerprint density at radius 1 is 1.57 bits per heavy atom. The molecule has 0 bridgehead atoms. The molecule has 0 saturated carbocycles. The van der Waals surface area contributed by atoms with E-state index in [9.17, 15) is 14.7 Å². The minimum atomic E-state index is -0.976. The van der Waals surface area contributed by atoms with Crippen molar-refractivity contribution in [1.29, 1.82) is 0 Å². The van der Waals surface area contributed by atoms with Crippen molar-refractivity contribution in [2.75, 3.05) is 13.1 Å². The summed E-state index contributed by atoms with van der Waals surface area (Å²) in [4.78, 5) is 30.1. The van der Waals surface area contributed by atoms with Gasteiger partial charge in [0.25, 0.3) is 11.8 Å². The smallest absolute Gasteiger partial charge is 0.280 e. The lowest BCUT2D eigenvalue weighted by atomic mass is 10.1. The van der Waals surface area contributed by atoms with Crippen LogP contribution < -0.4 is 5.32 Å². The summed E-state index contributed by atoms with van der Waals surface area (Å²) in [7, 11) is 0. The van der Waals surface area contributed by atoms with Crippen molar-refractivity contribution in [3.8, 4) is 0 Å². The van der Waals surface area contributed by atoms with E-state index in [4.69, 9.17) is 0 Å². The summed E-state index contributed by atoms with van der Waals surface area (Å²) < 4.78 is 0. The van der Waals surface area contributed by atoms with Gasteiger partial charge in [-0.3, -0.25) is 9.59 Å². The van der Waals surface area contributed by atoms with Gasteiger partial charge in [-0.15, -0.1) is 11.3 Å². The minimum Gasteiger partial charge on any atom is -0.389 e. The summed E-state index contributed by atoms with van der Waals surface area (Å²) in [6, 6.07) is 0.228. The highest BCUT2D eigenvalue weighted by Crippen LogP contribution is 2.20. The maximum atomic E-state index is 12.3. The second-order valence-electron chi connectivity index (χ2n) is 6.02. The number of nitrogens with zero attached hydrogens (tertiary/aromatic N) is 2. The highest BCUT2D eigenvalue weighted by atomic mass is 32.1. The Bertz CT molecular complexity index is 536. The van der Waals surface area contributed by atoms with Crippen LogP contribution in [0.5, 0.6) is 0 Å². The van der Waals surface area contributed by atoms with Gasteiger partial charge in [0.2, 0.25) is 0 Å². The van der Waals surface area contributed by atoms with Crippen LogP contribution in [0.1, 0.15) is 53.9 Å². The summed E-state index contributed by atoms with van der Waals surface area (Å²) in [5, 5.41) is 14.1. The Labute approximate surface area is 128 Å². The standard InChI is InChI=1S/C14H21N3O3S/c1-9-5-4-6-17(9)13(19)10-7-21-12(16-10)11(18)15-8-14(2,3)20/h7,9,20H,4-6,8H2,1-3H3,(H,15,18). The predicted molar refractivity (Wildman–Crippen MR) is 80.5 cm³/mol. The van der Waals surface area contributed by atoms with Gasteiger partial charge >= 0.3 is 0 Å². The fourth-order valence-corrected chi connectivity index (χ4v) is 2.94. The van der Waals surface area contributed by atoms with E-state index in [0.717, 1.165) is 30.7 Å². The van der Waals surface area contributed by atoms with Gasteiger partial charge in [-0.1, -0.05) is 0 Å². The van der Waals surface area contributed by atoms with Gasteiger partial charge in [0, 0.05) is 24.5 Å². The third-order valence-electron chi connectivity index (χ3n) is 3.41. The molecule has 7 heteroatoms. The topological polar surface area (TPSA) is 82.5 Å². The molecular formula is C14H21N3O3S. The molecule has 1 aliphatic rings. The van der Waals surface area contributed by atoms with E-state index in [1.165, 1.54) is 0 Å². The number of aromatic nitrogens is 1. The van der Waals surface area contributed by atoms with Crippen molar-refractivity contribution in [2.24, 2.45) is 0 Å². The number of aliphatic hydroxyl groups is 1. The summed E-state index contributed by atoms with van der Waals surface area (Å²) in [5.41, 5.74) is -0.654. The molecule has 0 aliphatic carbocycles. The molecule has 116 valence electrons. The van der Waals surface area contributed by atoms with Crippen molar-refractivity contribution in [2.45, 2.75) is 45.3 Å². The second-order valence-corrected chi connectivity index (χ2v) is 6.88. The van der Waals surface area contributed by atoms with Crippen LogP contribution in [-0.4, -0.2) is 51.5 Å². The summed E-state index contributed by atoms with van der Waals surface area (Å²) in [5.74, 6) is -0.478. The Balaban J connectivity index is 2.01. The van der Waals surface area contributed by atoms with Crippen LogP contribution in [0.3, 0.4) is 0 Å². The number of hydrogen-bond acceptors (Lipinski definition) is 5. The number of nitrogens with one attached hydrogen (secondary N) is 1. The Hall–Kier alpha value is -1.47. The van der Waals surface area contributed by atoms with E-state index in [1.54, 1.807) is 24.1 Å². The van der Waals surface area contributed by atoms with E-state index >= 15 is 0 Å². The number of carbonyl (C=O) groups excluding carboxylic acids is 2. The second kappa shape index (κ2) is 6.11. The van der Waals surface area contributed by atoms with Crippen LogP contribution >= 0.6 is 11.3 Å². The molecule has 1 unspecified atom stereocenters. The lowest BCUT2D eigenvalue weighted by Crippen LogP contribution is -2.38. The molecule has 21 heavy (non-hydrogen) atoms. The first-order valence-electron chi connectivity index (χ1n) is 7.05. The molecule has 2 N–H and O–H groups in total. The van der Waals surface area contributed by atoms with Crippen LogP contribution in [0, 0.1) is 0 Å². The molecule has 1 aromatic rings. The molecule has 0 radical (unpaired) electrons. The van der Waals surface area contributed by atoms with Crippen molar-refractivity contribution in [3.05, 3.63) is 16.1 Å². The summed E-state index contributed by atoms with van der Waals surface area (Å²) >= 11 is 1.14. The summed E-state index contributed by atoms with van der Waals surface area (Å²) in [6.07, 6.45) is 2.02. The van der Waals surface area contributed by atoms with Gasteiger partial charge in [-0.05, 0) is 33.6 Å². The third-order valence-corrected chi connectivity index (χ3v) is 4.25. The van der Waals surface area contributed by atoms with Crippen LogP contribution in [-0.2, 0) is 0 Å². The third kappa shape index (κ3) is 4.01. The normalized spacial score (nSPS) is 18.9. The number of rotatable bonds is 4. The van der Waals surface area contributed by atoms with Crippen LogP contribution in [0.2, 0.25) is 0 Å². The first-order chi connectivity index (χ1) is 9.78. The van der Waals surface area contributed by atoms with Gasteiger partial charge in [-0.2, -0.15) is 0 Å². The number of amides is 2. The summed E-state index contributed by atoms with van der Waals surface area (Å²) in [6.45, 7) is 6.13. The Morgan fingerprint density at radius 2 is 2.29 bits per heavy atom. The highest BCUT2D eigenvalue weighted by Gasteiger charge is 2.28. The maximum absolute atomic E-state index is 12.3. The van der Waals surface area contributed by atoms with Gasteiger partial charge < -0.3 is 15.3 Å². The number of thiazole rings is 1. The van der Waals surface area contributed by atoms with Gasteiger partial charge in [0.1, 0.15) is 5.69 Å². The van der Waals surface area contributed by atoms with Crippen LogP contribution in [0.25, 0.3) is 0 Å². The van der Waals surface area contributed by atoms with Gasteiger partial charge in [-0.25, -0.2) is 4.98 Å². The van der Waals surface area contributed by atoms with Gasteiger partial charge in [0.05, 0.1) is 5.60 Å². The molecule has 1 atom stereocenters. The Kier molecular flexibility index (Phi) is 4.63. The number of carbonyl (C=O) groups is 2. The fourth-order valence-electron chi connectivity index (χ4n) is 2.23. The molecule has 2 heterocycles. The predicted octanol–water partition coefficient (Wildman–Crippen LogP) is 1.27. The maximum Gasteiger partial charge on any atom is 0.280 e. The minimum absolute atomic E-state index is 0.113. The monoisotopic (exact) mass is 311 g/mol. The van der Waals surface area contributed by atoms with E-state index < -0.39 is 5.60 Å². The number of likely N-dealkylation sites (tertiary alicyclic amines) is 1. The molecule has 2 amide bonds. The SMILES string of the molecule is CC1CCCN1C(=O)c1csc(C(=O)NCC(C)(C)O)n1. The van der Waals surface area contributed by atoms with Crippen LogP contribution in [0.15, 0.2) is 5.38 Å². The first-order valence-corrected chi connectivity index (χ1v) is 7.93. The molecule has 1 saturated heterocycles. The molecule has 1 aliphatic heterocycles. The van der Waals surface area contributed by atoms with Crippen molar-refractivity contribution in [3.63, 3.8) is 0 Å². The quantitative estimate of drug-likeness (QED) is 0.877. The molecule has 1 aromatic heterocycles. The zero-order chi connectivity index (χ0) is 15.6. The van der Waals surface area contributed by atoms with Crippen molar-refractivity contribution < 1.29 is 14.7 Å². The fraction of sp³-hybridized carbons (Fsp3) is 0.643. The van der Waals surface area contributed by atoms with E-state index in [0.29, 0.717) is 5.69 Å². The lowest BCUT2D eigenvalue weighted by Gasteiger charge is -2.20. The van der Waals surface area contributed by atoms with E-state index in [1.807, 2.05) is 6.92 Å². The van der Waals surface area contributed by atoms with E-state index in [-0.39, 0.29) is 29.4 Å². The lowest BCUT2D eigenvalue weighted by molar-refractivity contribution is 0.0692. The first kappa shape index (κ1) is 15.9. The van der Waals surface area contributed by atoms with Crippen molar-refractivity contribution in [1.82, 2.24) is 15.2 Å². The average Bonchev–Trinajstić information content (AvgIpc) is 3.03. The molecule has 0 spiro atoms. The highest BCUT2D eigenvalue weighted by molar-refractivity contribution is 7.11. The number of hydrogen-bond donors (Lipinski definition) is 2. The van der Waals surface area contributed by atoms with Crippen molar-refractivity contribution >= 4 is 23.2 Å². The molecule has 2 rings (SSSR count). The zero-order valence-corrected chi connectivity index (χ0v) is 13.4. The molecule has 0 aromatic carbocycles. The molecule has 6 nitrogen and oxygen atoms in total. The molecule has 1 fully saturated rings. The van der Waals surface area contributed by atoms with E-state index in [2.05, 4.69) is 10.3 Å². The molecular weight excluding hydrogens is 290 g/mol. The zero-order valence-electron chi connectivity index (χ0n) is 12.5. The Morgan fingerprint density at radius 3 is 2.86 bits per heavy atom. The largest absolute Gasteiger partial charge is 0.389 e. The van der Waals surface area contributed by atoms with Gasteiger partial charge in [0.15, 0.2) is 5.01 Å². The van der Waals surface area contributed by atoms with Crippen LogP contribution in [0.4, 0.5) is 0 Å².